The van der Waals surface area contributed by atoms with Gasteiger partial charge in [-0.1, -0.05) is 63.9 Å². The maximum absolute atomic E-state index is 6.31. The second-order valence-electron chi connectivity index (χ2n) is 4.53. The predicted octanol–water partition coefficient (Wildman–Crippen LogP) is 5.00. The van der Waals surface area contributed by atoms with Crippen LogP contribution in [0.4, 0.5) is 0 Å². The predicted molar refractivity (Wildman–Crippen MR) is 85.7 cm³/mol. The molecule has 0 aliphatic heterocycles. The molecule has 0 aromatic heterocycles. The molecule has 1 N–H and O–H groups in total. The lowest BCUT2D eigenvalue weighted by Crippen LogP contribution is -2.17. The molecule has 0 spiro atoms. The van der Waals surface area contributed by atoms with Crippen molar-refractivity contribution in [2.75, 3.05) is 7.05 Å². The maximum Gasteiger partial charge on any atom is 0.0465 e. The van der Waals surface area contributed by atoms with Crippen LogP contribution in [0.1, 0.15) is 23.6 Å². The topological polar surface area (TPSA) is 12.0 Å². The van der Waals surface area contributed by atoms with E-state index in [-0.39, 0.29) is 6.04 Å². The van der Waals surface area contributed by atoms with Gasteiger partial charge in [0.15, 0.2) is 0 Å². The molecule has 100 valence electrons. The summed E-state index contributed by atoms with van der Waals surface area (Å²) in [6.45, 7) is 0. The summed E-state index contributed by atoms with van der Waals surface area (Å²) in [5.74, 6) is 0. The van der Waals surface area contributed by atoms with Crippen LogP contribution in [0.15, 0.2) is 53.0 Å². The molecule has 0 heterocycles. The van der Waals surface area contributed by atoms with Gasteiger partial charge in [0.2, 0.25) is 0 Å². The summed E-state index contributed by atoms with van der Waals surface area (Å²) in [5.41, 5.74) is 2.51. The number of aryl methyl sites for hydroxylation is 1. The molecule has 0 amide bonds. The van der Waals surface area contributed by atoms with Crippen LogP contribution < -0.4 is 5.32 Å². The Morgan fingerprint density at radius 2 is 1.89 bits per heavy atom. The molecule has 3 heteroatoms. The van der Waals surface area contributed by atoms with Gasteiger partial charge in [-0.2, -0.15) is 0 Å². The molecule has 2 aromatic carbocycles. The van der Waals surface area contributed by atoms with Crippen LogP contribution in [0, 0.1) is 0 Å². The summed E-state index contributed by atoms with van der Waals surface area (Å²) in [6.07, 6.45) is 2.07. The van der Waals surface area contributed by atoms with E-state index >= 15 is 0 Å². The van der Waals surface area contributed by atoms with E-state index in [9.17, 15) is 0 Å². The molecule has 19 heavy (non-hydrogen) atoms. The number of hydrogen-bond donors (Lipinski definition) is 1. The van der Waals surface area contributed by atoms with Gasteiger partial charge in [0.1, 0.15) is 0 Å². The maximum atomic E-state index is 6.31. The van der Waals surface area contributed by atoms with Crippen LogP contribution >= 0.6 is 27.5 Å². The summed E-state index contributed by atoms with van der Waals surface area (Å²) in [4.78, 5) is 0. The van der Waals surface area contributed by atoms with Crippen LogP contribution in [0.3, 0.4) is 0 Å². The third-order valence-electron chi connectivity index (χ3n) is 3.25. The summed E-state index contributed by atoms with van der Waals surface area (Å²) in [5, 5.41) is 4.16. The fourth-order valence-electron chi connectivity index (χ4n) is 2.20. The molecule has 2 aromatic rings. The number of hydrogen-bond acceptors (Lipinski definition) is 1. The lowest BCUT2D eigenvalue weighted by molar-refractivity contribution is 0.549. The van der Waals surface area contributed by atoms with Crippen molar-refractivity contribution in [3.05, 3.63) is 69.2 Å². The lowest BCUT2D eigenvalue weighted by Gasteiger charge is -2.18. The average molecular weight is 339 g/mol. The number of nitrogens with one attached hydrogen (secondary N) is 1. The van der Waals surface area contributed by atoms with Gasteiger partial charge in [0.05, 0.1) is 0 Å². The zero-order valence-electron chi connectivity index (χ0n) is 10.9. The molecule has 0 saturated heterocycles. The minimum atomic E-state index is 0.279. The summed E-state index contributed by atoms with van der Waals surface area (Å²) >= 11 is 9.75. The van der Waals surface area contributed by atoms with Crippen LogP contribution in [-0.4, -0.2) is 7.05 Å². The molecule has 2 rings (SSSR count). The van der Waals surface area contributed by atoms with Crippen LogP contribution in [0.5, 0.6) is 0 Å². The van der Waals surface area contributed by atoms with Crippen LogP contribution in [0.25, 0.3) is 0 Å². The fraction of sp³-hybridized carbons (Fsp3) is 0.250. The average Bonchev–Trinajstić information content (AvgIpc) is 2.42. The van der Waals surface area contributed by atoms with Gasteiger partial charge in [-0.05, 0) is 43.1 Å². The zero-order chi connectivity index (χ0) is 13.7. The van der Waals surface area contributed by atoms with Crippen molar-refractivity contribution in [3.63, 3.8) is 0 Å². The molecule has 1 nitrogen and oxygen atoms in total. The van der Waals surface area contributed by atoms with Crippen molar-refractivity contribution in [2.45, 2.75) is 18.9 Å². The normalized spacial score (nSPS) is 12.4. The van der Waals surface area contributed by atoms with Crippen LogP contribution in [0.2, 0.25) is 5.02 Å². The number of rotatable bonds is 5. The zero-order valence-corrected chi connectivity index (χ0v) is 13.2. The highest BCUT2D eigenvalue weighted by Crippen LogP contribution is 2.28. The molecule has 0 radical (unpaired) electrons. The molecular weight excluding hydrogens is 322 g/mol. The van der Waals surface area contributed by atoms with Gasteiger partial charge >= 0.3 is 0 Å². The van der Waals surface area contributed by atoms with Crippen molar-refractivity contribution in [1.29, 1.82) is 0 Å². The van der Waals surface area contributed by atoms with E-state index in [1.807, 2.05) is 25.2 Å². The first-order valence-corrected chi connectivity index (χ1v) is 7.54. The smallest absolute Gasteiger partial charge is 0.0465 e. The van der Waals surface area contributed by atoms with E-state index in [4.69, 9.17) is 11.6 Å². The van der Waals surface area contributed by atoms with E-state index in [1.54, 1.807) is 0 Å². The van der Waals surface area contributed by atoms with Crippen molar-refractivity contribution in [1.82, 2.24) is 5.32 Å². The molecule has 0 saturated carbocycles. The Hall–Kier alpha value is -0.830. The molecule has 1 unspecified atom stereocenters. The highest BCUT2D eigenvalue weighted by Gasteiger charge is 2.13. The molecule has 0 bridgehead atoms. The number of benzene rings is 2. The van der Waals surface area contributed by atoms with Crippen LogP contribution in [-0.2, 0) is 6.42 Å². The first-order chi connectivity index (χ1) is 9.20. The van der Waals surface area contributed by atoms with Gasteiger partial charge in [-0.25, -0.2) is 0 Å². The molecule has 0 fully saturated rings. The molecular formula is C16H17BrClN. The first-order valence-electron chi connectivity index (χ1n) is 6.37. The third-order valence-corrected chi connectivity index (χ3v) is 4.07. The van der Waals surface area contributed by atoms with E-state index in [0.29, 0.717) is 0 Å². The SMILES string of the molecule is CNC(CCc1ccccc1)c1ccc(Br)cc1Cl. The molecule has 0 aliphatic rings. The Bertz CT molecular complexity index is 528. The minimum Gasteiger partial charge on any atom is -0.313 e. The summed E-state index contributed by atoms with van der Waals surface area (Å²) in [7, 11) is 1.98. The van der Waals surface area contributed by atoms with Crippen molar-refractivity contribution in [3.8, 4) is 0 Å². The Morgan fingerprint density at radius 3 is 2.53 bits per heavy atom. The summed E-state index contributed by atoms with van der Waals surface area (Å²) < 4.78 is 1.01. The number of halogens is 2. The quantitative estimate of drug-likeness (QED) is 0.809. The van der Waals surface area contributed by atoms with E-state index in [1.165, 1.54) is 5.56 Å². The highest BCUT2D eigenvalue weighted by molar-refractivity contribution is 9.10. The molecule has 1 atom stereocenters. The Balaban J connectivity index is 2.08. The van der Waals surface area contributed by atoms with Gasteiger partial charge in [0.25, 0.3) is 0 Å². The Kier molecular flexibility index (Phi) is 5.44. The van der Waals surface area contributed by atoms with Gasteiger partial charge in [0, 0.05) is 15.5 Å². The van der Waals surface area contributed by atoms with E-state index in [0.717, 1.165) is 27.9 Å². The minimum absolute atomic E-state index is 0.279. The van der Waals surface area contributed by atoms with Gasteiger partial charge in [-0.15, -0.1) is 0 Å². The second-order valence-corrected chi connectivity index (χ2v) is 5.85. The van der Waals surface area contributed by atoms with Crippen molar-refractivity contribution in [2.24, 2.45) is 0 Å². The monoisotopic (exact) mass is 337 g/mol. The fourth-order valence-corrected chi connectivity index (χ4v) is 3.00. The molecule has 0 aliphatic carbocycles. The summed E-state index contributed by atoms with van der Waals surface area (Å²) in [6, 6.07) is 16.9. The Morgan fingerprint density at radius 1 is 1.16 bits per heavy atom. The first kappa shape index (κ1) is 14.6. The van der Waals surface area contributed by atoms with E-state index in [2.05, 4.69) is 51.6 Å². The van der Waals surface area contributed by atoms with Gasteiger partial charge < -0.3 is 5.32 Å². The second kappa shape index (κ2) is 7.09. The largest absolute Gasteiger partial charge is 0.313 e. The van der Waals surface area contributed by atoms with Crippen molar-refractivity contribution < 1.29 is 0 Å². The van der Waals surface area contributed by atoms with E-state index < -0.39 is 0 Å². The lowest BCUT2D eigenvalue weighted by atomic mass is 9.99. The highest BCUT2D eigenvalue weighted by atomic mass is 79.9. The van der Waals surface area contributed by atoms with Gasteiger partial charge in [-0.3, -0.25) is 0 Å². The Labute approximate surface area is 128 Å². The van der Waals surface area contributed by atoms with Crippen molar-refractivity contribution >= 4 is 27.5 Å². The standard InChI is InChI=1S/C16H17BrClN/c1-19-16(10-7-12-5-3-2-4-6-12)14-9-8-13(17)11-15(14)18/h2-6,8-9,11,16,19H,7,10H2,1H3. The third kappa shape index (κ3) is 4.07.